The van der Waals surface area contributed by atoms with Crippen molar-refractivity contribution in [3.63, 3.8) is 0 Å². The van der Waals surface area contributed by atoms with Crippen LogP contribution in [0.4, 0.5) is 5.69 Å². The highest BCUT2D eigenvalue weighted by Gasteiger charge is 2.07. The van der Waals surface area contributed by atoms with E-state index in [-0.39, 0.29) is 5.91 Å². The van der Waals surface area contributed by atoms with Crippen LogP contribution in [-0.2, 0) is 17.6 Å². The fourth-order valence-electron chi connectivity index (χ4n) is 2.63. The second-order valence-corrected chi connectivity index (χ2v) is 5.46. The molecule has 3 nitrogen and oxygen atoms in total. The second-order valence-electron chi connectivity index (χ2n) is 5.46. The van der Waals surface area contributed by atoms with Gasteiger partial charge in [0.1, 0.15) is 0 Å². The van der Waals surface area contributed by atoms with E-state index in [1.807, 2.05) is 36.5 Å². The van der Waals surface area contributed by atoms with Crippen LogP contribution in [0.25, 0.3) is 10.9 Å². The van der Waals surface area contributed by atoms with Gasteiger partial charge in [0, 0.05) is 29.2 Å². The lowest BCUT2D eigenvalue weighted by molar-refractivity contribution is -0.116. The van der Waals surface area contributed by atoms with Crippen molar-refractivity contribution in [1.82, 2.24) is 4.98 Å². The molecule has 0 aliphatic heterocycles. The number of H-pyrrole nitrogens is 1. The summed E-state index contributed by atoms with van der Waals surface area (Å²) in [6, 6.07) is 16.2. The maximum absolute atomic E-state index is 12.1. The number of hydrogen-bond donors (Lipinski definition) is 2. The number of hydrogen-bond acceptors (Lipinski definition) is 1. The van der Waals surface area contributed by atoms with Gasteiger partial charge in [-0.05, 0) is 42.2 Å². The Hall–Kier alpha value is -2.55. The number of rotatable bonds is 5. The van der Waals surface area contributed by atoms with Crippen molar-refractivity contribution in [3.05, 3.63) is 65.9 Å². The van der Waals surface area contributed by atoms with Crippen molar-refractivity contribution >= 4 is 22.5 Å². The lowest BCUT2D eigenvalue weighted by atomic mass is 10.1. The SMILES string of the molecule is CCc1ccc(NC(=O)CCc2c[nH]c3ccccc23)cc1. The summed E-state index contributed by atoms with van der Waals surface area (Å²) in [7, 11) is 0. The van der Waals surface area contributed by atoms with Crippen molar-refractivity contribution in [2.45, 2.75) is 26.2 Å². The number of nitrogens with one attached hydrogen (secondary N) is 2. The Labute approximate surface area is 130 Å². The Balaban J connectivity index is 1.60. The Kier molecular flexibility index (Phi) is 4.24. The zero-order valence-corrected chi connectivity index (χ0v) is 12.7. The Morgan fingerprint density at radius 3 is 2.64 bits per heavy atom. The van der Waals surface area contributed by atoms with Crippen LogP contribution in [0.5, 0.6) is 0 Å². The molecule has 0 aliphatic rings. The Bertz CT molecular complexity index is 771. The van der Waals surface area contributed by atoms with Crippen LogP contribution in [0.1, 0.15) is 24.5 Å². The fourth-order valence-corrected chi connectivity index (χ4v) is 2.63. The van der Waals surface area contributed by atoms with Crippen LogP contribution in [0.2, 0.25) is 0 Å². The summed E-state index contributed by atoms with van der Waals surface area (Å²) in [5, 5.41) is 4.15. The van der Waals surface area contributed by atoms with Gasteiger partial charge in [-0.2, -0.15) is 0 Å². The molecule has 3 rings (SSSR count). The number of aromatic nitrogens is 1. The third kappa shape index (κ3) is 3.19. The van der Waals surface area contributed by atoms with E-state index < -0.39 is 0 Å². The van der Waals surface area contributed by atoms with Gasteiger partial charge in [-0.3, -0.25) is 4.79 Å². The van der Waals surface area contributed by atoms with E-state index in [1.165, 1.54) is 16.5 Å². The number of carbonyl (C=O) groups is 1. The van der Waals surface area contributed by atoms with E-state index in [0.717, 1.165) is 24.0 Å². The minimum absolute atomic E-state index is 0.0505. The summed E-state index contributed by atoms with van der Waals surface area (Å²) in [5.41, 5.74) is 4.44. The molecular weight excluding hydrogens is 272 g/mol. The first-order valence-corrected chi connectivity index (χ1v) is 7.70. The maximum Gasteiger partial charge on any atom is 0.224 e. The molecule has 0 radical (unpaired) electrons. The normalized spacial score (nSPS) is 10.8. The first-order chi connectivity index (χ1) is 10.8. The Morgan fingerprint density at radius 1 is 1.09 bits per heavy atom. The molecule has 0 fully saturated rings. The standard InChI is InChI=1S/C19H20N2O/c1-2-14-7-10-16(11-8-14)21-19(22)12-9-15-13-20-18-6-4-3-5-17(15)18/h3-8,10-11,13,20H,2,9,12H2,1H3,(H,21,22). The second kappa shape index (κ2) is 6.48. The Morgan fingerprint density at radius 2 is 1.86 bits per heavy atom. The van der Waals surface area contributed by atoms with Gasteiger partial charge < -0.3 is 10.3 Å². The largest absolute Gasteiger partial charge is 0.361 e. The average Bonchev–Trinajstić information content (AvgIpc) is 2.97. The molecule has 3 aromatic rings. The van der Waals surface area contributed by atoms with Crippen LogP contribution in [-0.4, -0.2) is 10.9 Å². The van der Waals surface area contributed by atoms with Crippen molar-refractivity contribution in [3.8, 4) is 0 Å². The molecule has 1 amide bonds. The zero-order chi connectivity index (χ0) is 15.4. The minimum Gasteiger partial charge on any atom is -0.361 e. The molecule has 22 heavy (non-hydrogen) atoms. The maximum atomic E-state index is 12.1. The third-order valence-electron chi connectivity index (χ3n) is 3.94. The third-order valence-corrected chi connectivity index (χ3v) is 3.94. The van der Waals surface area contributed by atoms with Gasteiger partial charge in [0.2, 0.25) is 5.91 Å². The monoisotopic (exact) mass is 292 g/mol. The number of amides is 1. The summed E-state index contributed by atoms with van der Waals surface area (Å²) in [4.78, 5) is 15.3. The zero-order valence-electron chi connectivity index (χ0n) is 12.7. The summed E-state index contributed by atoms with van der Waals surface area (Å²) in [6.45, 7) is 2.12. The molecule has 1 heterocycles. The van der Waals surface area contributed by atoms with Gasteiger partial charge in [-0.15, -0.1) is 0 Å². The van der Waals surface area contributed by atoms with E-state index in [1.54, 1.807) is 0 Å². The lowest BCUT2D eigenvalue weighted by Gasteiger charge is -2.06. The molecule has 0 spiro atoms. The van der Waals surface area contributed by atoms with Crippen LogP contribution in [0, 0.1) is 0 Å². The van der Waals surface area contributed by atoms with Crippen LogP contribution in [0.15, 0.2) is 54.7 Å². The van der Waals surface area contributed by atoms with Crippen molar-refractivity contribution in [1.29, 1.82) is 0 Å². The number of fused-ring (bicyclic) bond motifs is 1. The molecule has 2 aromatic carbocycles. The van der Waals surface area contributed by atoms with E-state index in [0.29, 0.717) is 6.42 Å². The molecule has 1 aromatic heterocycles. The fraction of sp³-hybridized carbons (Fsp3) is 0.211. The number of aryl methyl sites for hydroxylation is 2. The molecule has 0 bridgehead atoms. The quantitative estimate of drug-likeness (QED) is 0.723. The molecule has 0 saturated carbocycles. The molecule has 0 atom stereocenters. The highest BCUT2D eigenvalue weighted by molar-refractivity contribution is 5.91. The highest BCUT2D eigenvalue weighted by atomic mass is 16.1. The van der Waals surface area contributed by atoms with Gasteiger partial charge in [0.05, 0.1) is 0 Å². The smallest absolute Gasteiger partial charge is 0.224 e. The van der Waals surface area contributed by atoms with E-state index >= 15 is 0 Å². The molecule has 0 saturated heterocycles. The number of aromatic amines is 1. The number of carbonyl (C=O) groups excluding carboxylic acids is 1. The summed E-state index contributed by atoms with van der Waals surface area (Å²) in [5.74, 6) is 0.0505. The first kappa shape index (κ1) is 14.4. The van der Waals surface area contributed by atoms with E-state index in [4.69, 9.17) is 0 Å². The van der Waals surface area contributed by atoms with Crippen LogP contribution < -0.4 is 5.32 Å². The van der Waals surface area contributed by atoms with Crippen molar-refractivity contribution < 1.29 is 4.79 Å². The van der Waals surface area contributed by atoms with Gasteiger partial charge >= 0.3 is 0 Å². The van der Waals surface area contributed by atoms with Gasteiger partial charge in [0.15, 0.2) is 0 Å². The predicted molar refractivity (Wildman–Crippen MR) is 91.1 cm³/mol. The first-order valence-electron chi connectivity index (χ1n) is 7.70. The lowest BCUT2D eigenvalue weighted by Crippen LogP contribution is -2.12. The number of anilines is 1. The van der Waals surface area contributed by atoms with Crippen LogP contribution in [0.3, 0.4) is 0 Å². The van der Waals surface area contributed by atoms with Gasteiger partial charge in [-0.25, -0.2) is 0 Å². The molecule has 3 heteroatoms. The van der Waals surface area contributed by atoms with Crippen molar-refractivity contribution in [2.75, 3.05) is 5.32 Å². The average molecular weight is 292 g/mol. The summed E-state index contributed by atoms with van der Waals surface area (Å²) < 4.78 is 0. The summed E-state index contributed by atoms with van der Waals surface area (Å²) in [6.07, 6.45) is 4.23. The highest BCUT2D eigenvalue weighted by Crippen LogP contribution is 2.19. The van der Waals surface area contributed by atoms with Gasteiger partial charge in [-0.1, -0.05) is 37.3 Å². The number of para-hydroxylation sites is 1. The van der Waals surface area contributed by atoms with E-state index in [2.05, 4.69) is 35.4 Å². The molecule has 2 N–H and O–H groups in total. The molecule has 112 valence electrons. The van der Waals surface area contributed by atoms with Crippen molar-refractivity contribution in [2.24, 2.45) is 0 Å². The topological polar surface area (TPSA) is 44.9 Å². The summed E-state index contributed by atoms with van der Waals surface area (Å²) >= 11 is 0. The van der Waals surface area contributed by atoms with E-state index in [9.17, 15) is 4.79 Å². The molecule has 0 aliphatic carbocycles. The molecular formula is C19H20N2O. The van der Waals surface area contributed by atoms with Gasteiger partial charge in [0.25, 0.3) is 0 Å². The minimum atomic E-state index is 0.0505. The molecule has 0 unspecified atom stereocenters. The van der Waals surface area contributed by atoms with Crippen LogP contribution >= 0.6 is 0 Å². The predicted octanol–water partition coefficient (Wildman–Crippen LogP) is 4.30. The number of benzene rings is 2.